The Balaban J connectivity index is 1.64. The summed E-state index contributed by atoms with van der Waals surface area (Å²) < 4.78 is 43.1. The molecular formula is C26H17Cl2NO7S. The van der Waals surface area contributed by atoms with Crippen LogP contribution in [0.15, 0.2) is 108 Å². The minimum atomic E-state index is -4.59. The number of benzene rings is 4. The number of hydrogen-bond acceptors (Lipinski definition) is 7. The van der Waals surface area contributed by atoms with Gasteiger partial charge < -0.3 is 14.2 Å². The smallest absolute Gasteiger partial charge is 0.409 e. The molecule has 0 aliphatic rings. The molecule has 4 aromatic rings. The van der Waals surface area contributed by atoms with Crippen molar-refractivity contribution >= 4 is 51.2 Å². The molecule has 8 nitrogen and oxygen atoms in total. The lowest BCUT2D eigenvalue weighted by Crippen LogP contribution is -2.39. The molecule has 0 spiro atoms. The second-order valence-electron chi connectivity index (χ2n) is 7.29. The van der Waals surface area contributed by atoms with Crippen LogP contribution in [0.3, 0.4) is 0 Å². The van der Waals surface area contributed by atoms with Crippen molar-refractivity contribution in [1.29, 1.82) is 0 Å². The van der Waals surface area contributed by atoms with Gasteiger partial charge in [0.15, 0.2) is 0 Å². The molecule has 0 radical (unpaired) electrons. The van der Waals surface area contributed by atoms with Crippen LogP contribution in [0.4, 0.5) is 15.3 Å². The number of ether oxygens (including phenoxy) is 3. The summed E-state index contributed by atoms with van der Waals surface area (Å²) in [5, 5.41) is -0.0504. The summed E-state index contributed by atoms with van der Waals surface area (Å²) in [6.07, 6.45) is -2.22. The van der Waals surface area contributed by atoms with Crippen molar-refractivity contribution in [3.8, 4) is 17.2 Å². The first kappa shape index (κ1) is 26.0. The average molecular weight is 558 g/mol. The SMILES string of the molecule is O=C(Oc1ccccc1)Oc1ccc(N(C(=O)Oc2ccccc2)S(=O)(=O)c2cc(Cl)ccc2Cl)cc1. The predicted octanol–water partition coefficient (Wildman–Crippen LogP) is 6.97. The van der Waals surface area contributed by atoms with Gasteiger partial charge in [-0.25, -0.2) is 18.0 Å². The van der Waals surface area contributed by atoms with E-state index in [2.05, 4.69) is 0 Å². The van der Waals surface area contributed by atoms with E-state index in [4.69, 9.17) is 37.4 Å². The minimum Gasteiger partial charge on any atom is -0.409 e. The second kappa shape index (κ2) is 11.3. The van der Waals surface area contributed by atoms with E-state index in [0.717, 1.165) is 6.07 Å². The van der Waals surface area contributed by atoms with Gasteiger partial charge in [0, 0.05) is 5.02 Å². The molecule has 37 heavy (non-hydrogen) atoms. The molecule has 0 fully saturated rings. The number of sulfonamides is 1. The number of para-hydroxylation sites is 2. The van der Waals surface area contributed by atoms with E-state index in [1.807, 2.05) is 0 Å². The number of rotatable bonds is 6. The van der Waals surface area contributed by atoms with E-state index in [0.29, 0.717) is 4.31 Å². The molecule has 11 heteroatoms. The zero-order valence-electron chi connectivity index (χ0n) is 18.8. The van der Waals surface area contributed by atoms with E-state index in [1.165, 1.54) is 48.5 Å². The summed E-state index contributed by atoms with van der Waals surface area (Å²) in [6.45, 7) is 0. The minimum absolute atomic E-state index is 0.0410. The summed E-state index contributed by atoms with van der Waals surface area (Å²) in [6, 6.07) is 25.1. The lowest BCUT2D eigenvalue weighted by molar-refractivity contribution is 0.152. The van der Waals surface area contributed by atoms with Gasteiger partial charge in [0.05, 0.1) is 10.7 Å². The van der Waals surface area contributed by atoms with Gasteiger partial charge in [0.25, 0.3) is 10.0 Å². The molecule has 0 aliphatic heterocycles. The number of amides is 1. The monoisotopic (exact) mass is 557 g/mol. The largest absolute Gasteiger partial charge is 0.519 e. The molecule has 4 aromatic carbocycles. The molecule has 188 valence electrons. The standard InChI is InChI=1S/C26H17Cl2NO7S/c27-18-11-16-23(28)24(17-18)37(32,33)29(25(30)34-20-7-3-1-4-8-20)19-12-14-22(15-13-19)36-26(31)35-21-9-5-2-6-10-21/h1-17H. The Kier molecular flexibility index (Phi) is 7.98. The van der Waals surface area contributed by atoms with E-state index in [-0.39, 0.29) is 33.0 Å². The van der Waals surface area contributed by atoms with Gasteiger partial charge in [-0.1, -0.05) is 59.6 Å². The van der Waals surface area contributed by atoms with Crippen LogP contribution in [-0.2, 0) is 10.0 Å². The Morgan fingerprint density at radius 3 is 1.73 bits per heavy atom. The van der Waals surface area contributed by atoms with Gasteiger partial charge in [0.2, 0.25) is 0 Å². The number of carbonyl (C=O) groups is 2. The molecule has 0 saturated heterocycles. The Morgan fingerprint density at radius 1 is 0.649 bits per heavy atom. The first-order valence-corrected chi connectivity index (χ1v) is 12.8. The van der Waals surface area contributed by atoms with Crippen LogP contribution < -0.4 is 18.5 Å². The topological polar surface area (TPSA) is 99.2 Å². The third kappa shape index (κ3) is 6.39. The maximum absolute atomic E-state index is 13.6. The van der Waals surface area contributed by atoms with E-state index in [1.54, 1.807) is 48.5 Å². The Labute approximate surface area is 222 Å². The number of nitrogens with zero attached hydrogens (tertiary/aromatic N) is 1. The number of hydrogen-bond donors (Lipinski definition) is 0. The Hall–Kier alpha value is -4.05. The highest BCUT2D eigenvalue weighted by atomic mass is 35.5. The fourth-order valence-corrected chi connectivity index (χ4v) is 5.16. The summed E-state index contributed by atoms with van der Waals surface area (Å²) in [4.78, 5) is 24.8. The maximum Gasteiger partial charge on any atom is 0.519 e. The predicted molar refractivity (Wildman–Crippen MR) is 138 cm³/mol. The zero-order valence-corrected chi connectivity index (χ0v) is 21.1. The summed E-state index contributed by atoms with van der Waals surface area (Å²) in [5.74, 6) is 0.441. The Bertz CT molecular complexity index is 1510. The van der Waals surface area contributed by atoms with Crippen molar-refractivity contribution in [2.45, 2.75) is 4.90 Å². The van der Waals surface area contributed by atoms with Gasteiger partial charge in [-0.15, -0.1) is 0 Å². The van der Waals surface area contributed by atoms with E-state index < -0.39 is 27.2 Å². The Morgan fingerprint density at radius 2 is 1.16 bits per heavy atom. The van der Waals surface area contributed by atoms with Crippen LogP contribution in [0.1, 0.15) is 0 Å². The molecule has 0 saturated carbocycles. The van der Waals surface area contributed by atoms with Gasteiger partial charge in [-0.2, -0.15) is 4.31 Å². The third-order valence-electron chi connectivity index (χ3n) is 4.74. The molecule has 0 atom stereocenters. The summed E-state index contributed by atoms with van der Waals surface area (Å²) >= 11 is 12.1. The van der Waals surface area contributed by atoms with Crippen LogP contribution >= 0.6 is 23.2 Å². The third-order valence-corrected chi connectivity index (χ3v) is 7.15. The van der Waals surface area contributed by atoms with Gasteiger partial charge in [-0.3, -0.25) is 0 Å². The molecule has 0 N–H and O–H groups in total. The molecule has 0 bridgehead atoms. The summed E-state index contributed by atoms with van der Waals surface area (Å²) in [5.41, 5.74) is -0.110. The number of anilines is 1. The van der Waals surface area contributed by atoms with Crippen LogP contribution in [0.25, 0.3) is 0 Å². The van der Waals surface area contributed by atoms with Crippen molar-refractivity contribution in [1.82, 2.24) is 0 Å². The first-order valence-electron chi connectivity index (χ1n) is 10.6. The first-order chi connectivity index (χ1) is 17.7. The lowest BCUT2D eigenvalue weighted by Gasteiger charge is -2.22. The normalized spacial score (nSPS) is 10.9. The molecule has 4 rings (SSSR count). The molecule has 0 heterocycles. The van der Waals surface area contributed by atoms with Crippen LogP contribution in [0.2, 0.25) is 10.0 Å². The highest BCUT2D eigenvalue weighted by molar-refractivity contribution is 7.93. The average Bonchev–Trinajstić information content (AvgIpc) is 2.87. The van der Waals surface area contributed by atoms with Crippen molar-refractivity contribution in [2.75, 3.05) is 4.31 Å². The fourth-order valence-electron chi connectivity index (χ4n) is 3.10. The molecular weight excluding hydrogens is 541 g/mol. The van der Waals surface area contributed by atoms with E-state index >= 15 is 0 Å². The maximum atomic E-state index is 13.6. The van der Waals surface area contributed by atoms with Crippen molar-refractivity contribution in [3.63, 3.8) is 0 Å². The van der Waals surface area contributed by atoms with Crippen LogP contribution in [0, 0.1) is 0 Å². The second-order valence-corrected chi connectivity index (χ2v) is 9.89. The van der Waals surface area contributed by atoms with Gasteiger partial charge in [-0.05, 0) is 66.7 Å². The van der Waals surface area contributed by atoms with Crippen molar-refractivity contribution < 1.29 is 32.2 Å². The quantitative estimate of drug-likeness (QED) is 0.186. The lowest BCUT2D eigenvalue weighted by atomic mass is 10.3. The summed E-state index contributed by atoms with van der Waals surface area (Å²) in [7, 11) is -4.59. The van der Waals surface area contributed by atoms with E-state index in [9.17, 15) is 18.0 Å². The molecule has 0 aromatic heterocycles. The van der Waals surface area contributed by atoms with Crippen molar-refractivity contribution in [2.24, 2.45) is 0 Å². The zero-order chi connectivity index (χ0) is 26.4. The number of halogens is 2. The molecule has 0 aliphatic carbocycles. The fraction of sp³-hybridized carbons (Fsp3) is 0. The highest BCUT2D eigenvalue weighted by Gasteiger charge is 2.34. The molecule has 0 unspecified atom stereocenters. The van der Waals surface area contributed by atoms with Crippen LogP contribution in [0.5, 0.6) is 17.2 Å². The highest BCUT2D eigenvalue weighted by Crippen LogP contribution is 2.32. The number of carbonyl (C=O) groups excluding carboxylic acids is 2. The molecule has 1 amide bonds. The van der Waals surface area contributed by atoms with Gasteiger partial charge in [0.1, 0.15) is 22.1 Å². The van der Waals surface area contributed by atoms with Crippen molar-refractivity contribution in [3.05, 3.63) is 113 Å². The van der Waals surface area contributed by atoms with Gasteiger partial charge >= 0.3 is 12.2 Å². The van der Waals surface area contributed by atoms with Crippen LogP contribution in [-0.4, -0.2) is 20.7 Å².